The third-order valence-corrected chi connectivity index (χ3v) is 5.28. The summed E-state index contributed by atoms with van der Waals surface area (Å²) in [4.78, 5) is 12.7. The van der Waals surface area contributed by atoms with Gasteiger partial charge in [-0.1, -0.05) is 17.8 Å². The molecule has 0 fully saturated rings. The van der Waals surface area contributed by atoms with Crippen molar-refractivity contribution in [2.24, 2.45) is 0 Å². The zero-order chi connectivity index (χ0) is 18.1. The lowest BCUT2D eigenvalue weighted by Crippen LogP contribution is -2.09. The molecule has 0 spiro atoms. The smallest absolute Gasteiger partial charge is 0.277 e. The molecule has 0 bridgehead atoms. The number of aromatic nitrogens is 2. The van der Waals surface area contributed by atoms with Crippen LogP contribution in [0.3, 0.4) is 0 Å². The summed E-state index contributed by atoms with van der Waals surface area (Å²) in [6.45, 7) is 9.92. The molecule has 0 saturated carbocycles. The van der Waals surface area contributed by atoms with Crippen LogP contribution in [0.25, 0.3) is 11.5 Å². The fourth-order valence-corrected chi connectivity index (χ4v) is 3.53. The van der Waals surface area contributed by atoms with Crippen LogP contribution < -0.4 is 0 Å². The second kappa shape index (κ2) is 6.88. The van der Waals surface area contributed by atoms with Crippen molar-refractivity contribution in [2.75, 3.05) is 5.75 Å². The van der Waals surface area contributed by atoms with E-state index in [1.807, 2.05) is 27.7 Å². The average Bonchev–Trinajstić information content (AvgIpc) is 3.19. The van der Waals surface area contributed by atoms with Gasteiger partial charge in [0.1, 0.15) is 5.76 Å². The fraction of sp³-hybridized carbons (Fsp3) is 0.316. The van der Waals surface area contributed by atoms with Crippen LogP contribution in [0.2, 0.25) is 0 Å². The van der Waals surface area contributed by atoms with Gasteiger partial charge in [0.2, 0.25) is 0 Å². The molecule has 2 heterocycles. The van der Waals surface area contributed by atoms with E-state index in [4.69, 9.17) is 8.83 Å². The Hall–Kier alpha value is -2.34. The number of rotatable bonds is 5. The van der Waals surface area contributed by atoms with E-state index in [2.05, 4.69) is 23.2 Å². The van der Waals surface area contributed by atoms with Crippen LogP contribution in [0.4, 0.5) is 0 Å². The third kappa shape index (κ3) is 3.39. The first-order chi connectivity index (χ1) is 11.9. The van der Waals surface area contributed by atoms with E-state index in [0.29, 0.717) is 11.1 Å². The number of hydrogen-bond donors (Lipinski definition) is 0. The van der Waals surface area contributed by atoms with E-state index in [1.54, 1.807) is 12.3 Å². The number of ketones is 1. The molecule has 130 valence electrons. The molecule has 25 heavy (non-hydrogen) atoms. The first-order valence-electron chi connectivity index (χ1n) is 8.00. The van der Waals surface area contributed by atoms with E-state index in [1.165, 1.54) is 17.3 Å². The number of nitrogens with zero attached hydrogens (tertiary/aromatic N) is 2. The highest BCUT2D eigenvalue weighted by molar-refractivity contribution is 7.99. The summed E-state index contributed by atoms with van der Waals surface area (Å²) in [5, 5.41) is 8.41. The maximum atomic E-state index is 12.7. The van der Waals surface area contributed by atoms with Crippen LogP contribution in [0, 0.1) is 34.6 Å². The normalized spacial score (nSPS) is 11.1. The highest BCUT2D eigenvalue weighted by atomic mass is 32.2. The SMILES string of the molecule is Cc1cc(C)c(C(=O)CSc2nnc(-c3ccoc3C)o2)c(C)c1C. The summed E-state index contributed by atoms with van der Waals surface area (Å²) in [7, 11) is 0. The molecule has 0 aliphatic rings. The van der Waals surface area contributed by atoms with E-state index in [9.17, 15) is 4.79 Å². The molecule has 0 N–H and O–H groups in total. The van der Waals surface area contributed by atoms with Gasteiger partial charge < -0.3 is 8.83 Å². The first-order valence-corrected chi connectivity index (χ1v) is 8.98. The van der Waals surface area contributed by atoms with Gasteiger partial charge in [-0.05, 0) is 62.9 Å². The average molecular weight is 356 g/mol. The highest BCUT2D eigenvalue weighted by Gasteiger charge is 2.18. The van der Waals surface area contributed by atoms with Crippen LogP contribution in [0.5, 0.6) is 0 Å². The van der Waals surface area contributed by atoms with Crippen molar-refractivity contribution in [2.45, 2.75) is 39.8 Å². The summed E-state index contributed by atoms with van der Waals surface area (Å²) in [5.41, 5.74) is 5.98. The number of Topliss-reactive ketones (excluding diaryl/α,β-unsaturated/α-hetero) is 1. The third-order valence-electron chi connectivity index (χ3n) is 4.46. The van der Waals surface area contributed by atoms with Gasteiger partial charge in [-0.3, -0.25) is 4.79 Å². The van der Waals surface area contributed by atoms with Gasteiger partial charge >= 0.3 is 0 Å². The minimum atomic E-state index is 0.0716. The maximum Gasteiger partial charge on any atom is 0.277 e. The number of carbonyl (C=O) groups is 1. The monoisotopic (exact) mass is 356 g/mol. The van der Waals surface area contributed by atoms with Gasteiger partial charge in [-0.25, -0.2) is 0 Å². The van der Waals surface area contributed by atoms with Gasteiger partial charge in [-0.15, -0.1) is 10.2 Å². The molecular weight excluding hydrogens is 336 g/mol. The zero-order valence-corrected chi connectivity index (χ0v) is 15.8. The van der Waals surface area contributed by atoms with Crippen molar-refractivity contribution < 1.29 is 13.6 Å². The molecule has 0 aliphatic heterocycles. The van der Waals surface area contributed by atoms with Crippen LogP contribution in [-0.4, -0.2) is 21.7 Å². The Morgan fingerprint density at radius 3 is 2.52 bits per heavy atom. The number of furan rings is 1. The van der Waals surface area contributed by atoms with Crippen molar-refractivity contribution in [3.05, 3.63) is 52.0 Å². The molecule has 0 aliphatic carbocycles. The minimum absolute atomic E-state index is 0.0716. The number of aryl methyl sites for hydroxylation is 3. The van der Waals surface area contributed by atoms with Crippen LogP contribution in [0.15, 0.2) is 32.5 Å². The minimum Gasteiger partial charge on any atom is -0.469 e. The molecule has 1 aromatic carbocycles. The number of hydrogen-bond acceptors (Lipinski definition) is 6. The summed E-state index contributed by atoms with van der Waals surface area (Å²) in [5.74, 6) is 1.45. The predicted molar refractivity (Wildman–Crippen MR) is 97.2 cm³/mol. The topological polar surface area (TPSA) is 69.1 Å². The first kappa shape index (κ1) is 17.5. The molecule has 0 amide bonds. The van der Waals surface area contributed by atoms with E-state index in [0.717, 1.165) is 33.6 Å². The largest absolute Gasteiger partial charge is 0.469 e. The Balaban J connectivity index is 1.75. The van der Waals surface area contributed by atoms with Gasteiger partial charge in [0.15, 0.2) is 5.78 Å². The Bertz CT molecular complexity index is 940. The second-order valence-electron chi connectivity index (χ2n) is 6.11. The molecule has 6 heteroatoms. The molecule has 0 unspecified atom stereocenters. The number of carbonyl (C=O) groups excluding carboxylic acids is 1. The van der Waals surface area contributed by atoms with Crippen molar-refractivity contribution in [3.8, 4) is 11.5 Å². The molecule has 0 radical (unpaired) electrons. The number of thioether (sulfide) groups is 1. The van der Waals surface area contributed by atoms with E-state index >= 15 is 0 Å². The Labute approximate surface area is 150 Å². The van der Waals surface area contributed by atoms with Crippen molar-refractivity contribution >= 4 is 17.5 Å². The molecule has 2 aromatic heterocycles. The second-order valence-corrected chi connectivity index (χ2v) is 7.04. The van der Waals surface area contributed by atoms with Crippen LogP contribution >= 0.6 is 11.8 Å². The summed E-state index contributed by atoms with van der Waals surface area (Å²) >= 11 is 1.25. The zero-order valence-electron chi connectivity index (χ0n) is 15.0. The lowest BCUT2D eigenvalue weighted by atomic mass is 9.92. The summed E-state index contributed by atoms with van der Waals surface area (Å²) in [6, 6.07) is 3.84. The number of benzene rings is 1. The van der Waals surface area contributed by atoms with Crippen LogP contribution in [-0.2, 0) is 0 Å². The highest BCUT2D eigenvalue weighted by Crippen LogP contribution is 2.28. The maximum absolute atomic E-state index is 12.7. The molecular formula is C19H20N2O3S. The lowest BCUT2D eigenvalue weighted by molar-refractivity contribution is 0.102. The molecule has 3 rings (SSSR count). The van der Waals surface area contributed by atoms with Crippen molar-refractivity contribution in [3.63, 3.8) is 0 Å². The van der Waals surface area contributed by atoms with Gasteiger partial charge in [0.25, 0.3) is 11.1 Å². The van der Waals surface area contributed by atoms with E-state index < -0.39 is 0 Å². The molecule has 3 aromatic rings. The lowest BCUT2D eigenvalue weighted by Gasteiger charge is -2.13. The van der Waals surface area contributed by atoms with Crippen LogP contribution in [0.1, 0.15) is 38.4 Å². The molecule has 5 nitrogen and oxygen atoms in total. The van der Waals surface area contributed by atoms with Crippen molar-refractivity contribution in [1.29, 1.82) is 0 Å². The summed E-state index contributed by atoms with van der Waals surface area (Å²) < 4.78 is 10.9. The fourth-order valence-electron chi connectivity index (χ4n) is 2.90. The molecule has 0 atom stereocenters. The Morgan fingerprint density at radius 1 is 1.08 bits per heavy atom. The van der Waals surface area contributed by atoms with Gasteiger partial charge in [-0.2, -0.15) is 0 Å². The standard InChI is InChI=1S/C19H20N2O3S/c1-10-8-11(2)17(13(4)12(10)3)16(22)9-25-19-21-20-18(24-19)15-6-7-23-14(15)5/h6-8H,9H2,1-5H3. The van der Waals surface area contributed by atoms with E-state index in [-0.39, 0.29) is 11.5 Å². The predicted octanol–water partition coefficient (Wildman–Crippen LogP) is 4.85. The Kier molecular flexibility index (Phi) is 4.81. The van der Waals surface area contributed by atoms with Gasteiger partial charge in [0.05, 0.1) is 17.6 Å². The summed E-state index contributed by atoms with van der Waals surface area (Å²) in [6.07, 6.45) is 1.58. The molecule has 0 saturated heterocycles. The Morgan fingerprint density at radius 2 is 1.84 bits per heavy atom. The van der Waals surface area contributed by atoms with Gasteiger partial charge in [0, 0.05) is 5.56 Å². The quantitative estimate of drug-likeness (QED) is 0.481. The van der Waals surface area contributed by atoms with Crippen molar-refractivity contribution in [1.82, 2.24) is 10.2 Å².